The van der Waals surface area contributed by atoms with Crippen molar-refractivity contribution in [2.75, 3.05) is 19.8 Å². The van der Waals surface area contributed by atoms with E-state index in [0.717, 1.165) is 31.2 Å². The largest absolute Gasteiger partial charge is 0.491 e. The van der Waals surface area contributed by atoms with Crippen LogP contribution >= 0.6 is 0 Å². The van der Waals surface area contributed by atoms with Crippen molar-refractivity contribution >= 4 is 5.91 Å². The number of hydrogen-bond donors (Lipinski definition) is 2. The summed E-state index contributed by atoms with van der Waals surface area (Å²) in [5, 5.41) is 11.2. The van der Waals surface area contributed by atoms with Crippen molar-refractivity contribution in [3.8, 4) is 17.1 Å². The number of aromatic amines is 1. The van der Waals surface area contributed by atoms with Gasteiger partial charge in [0.2, 0.25) is 5.91 Å². The number of amides is 1. The Bertz CT molecular complexity index is 860. The molecule has 2 N–H and O–H groups in total. The van der Waals surface area contributed by atoms with Gasteiger partial charge in [-0.3, -0.25) is 9.59 Å². The van der Waals surface area contributed by atoms with Crippen molar-refractivity contribution in [1.82, 2.24) is 20.5 Å². The summed E-state index contributed by atoms with van der Waals surface area (Å²) >= 11 is 0. The lowest BCUT2D eigenvalue weighted by molar-refractivity contribution is -0.122. The van der Waals surface area contributed by atoms with Crippen LogP contribution in [-0.4, -0.2) is 47.0 Å². The molecule has 0 unspecified atom stereocenters. The normalized spacial score (nSPS) is 14.4. The van der Waals surface area contributed by atoms with Gasteiger partial charge in [0.05, 0.1) is 6.61 Å². The van der Waals surface area contributed by atoms with Crippen LogP contribution in [0.2, 0.25) is 0 Å². The number of hydrogen-bond acceptors (Lipinski definition) is 6. The quantitative estimate of drug-likeness (QED) is 0.579. The van der Waals surface area contributed by atoms with Gasteiger partial charge < -0.3 is 19.8 Å². The number of aromatic nitrogens is 3. The minimum atomic E-state index is -0.317. The third-order valence-electron chi connectivity index (χ3n) is 5.15. The molecule has 0 saturated heterocycles. The van der Waals surface area contributed by atoms with Gasteiger partial charge in [-0.1, -0.05) is 19.3 Å². The molecule has 30 heavy (non-hydrogen) atoms. The first kappa shape index (κ1) is 22.0. The lowest BCUT2D eigenvalue weighted by Gasteiger charge is -2.22. The van der Waals surface area contributed by atoms with Gasteiger partial charge in [-0.25, -0.2) is 0 Å². The third-order valence-corrected chi connectivity index (χ3v) is 5.15. The van der Waals surface area contributed by atoms with E-state index < -0.39 is 0 Å². The smallest absolute Gasteiger partial charge is 0.273 e. The van der Waals surface area contributed by atoms with Crippen LogP contribution in [0.5, 0.6) is 5.75 Å². The first-order chi connectivity index (χ1) is 14.7. The maximum Gasteiger partial charge on any atom is 0.273 e. The molecule has 1 amide bonds. The fourth-order valence-corrected chi connectivity index (χ4v) is 3.50. The van der Waals surface area contributed by atoms with Crippen LogP contribution in [0.15, 0.2) is 29.1 Å². The first-order valence-corrected chi connectivity index (χ1v) is 10.7. The average Bonchev–Trinajstić information content (AvgIpc) is 2.77. The second-order valence-electron chi connectivity index (χ2n) is 7.42. The van der Waals surface area contributed by atoms with Crippen LogP contribution in [0.4, 0.5) is 0 Å². The Morgan fingerprint density at radius 3 is 2.60 bits per heavy atom. The molecule has 1 saturated carbocycles. The Kier molecular flexibility index (Phi) is 8.38. The molecule has 162 valence electrons. The standard InChI is InChI=1S/C22H30N4O4/c1-2-29-14-15-30-18-10-8-16(9-11-18)21-24-22(28)19(25-26-21)12-13-20(27)23-17-6-4-3-5-7-17/h8-11,17H,2-7,12-15H2,1H3,(H,23,27)(H,24,26,28). The number of rotatable bonds is 10. The summed E-state index contributed by atoms with van der Waals surface area (Å²) < 4.78 is 10.8. The second kappa shape index (κ2) is 11.4. The predicted molar refractivity (Wildman–Crippen MR) is 113 cm³/mol. The molecule has 8 heteroatoms. The molecule has 3 rings (SSSR count). The Morgan fingerprint density at radius 2 is 1.90 bits per heavy atom. The van der Waals surface area contributed by atoms with E-state index in [1.54, 1.807) is 0 Å². The lowest BCUT2D eigenvalue weighted by atomic mass is 9.95. The predicted octanol–water partition coefficient (Wildman–Crippen LogP) is 2.63. The maximum atomic E-state index is 12.4. The second-order valence-corrected chi connectivity index (χ2v) is 7.42. The number of ether oxygens (including phenoxy) is 2. The van der Waals surface area contributed by atoms with Crippen LogP contribution in [0.3, 0.4) is 0 Å². The van der Waals surface area contributed by atoms with Crippen LogP contribution in [0.1, 0.15) is 51.1 Å². The minimum Gasteiger partial charge on any atom is -0.491 e. The van der Waals surface area contributed by atoms with E-state index in [0.29, 0.717) is 31.4 Å². The molecule has 0 atom stereocenters. The van der Waals surface area contributed by atoms with E-state index in [-0.39, 0.29) is 36.0 Å². The molecule has 1 fully saturated rings. The maximum absolute atomic E-state index is 12.4. The van der Waals surface area contributed by atoms with Crippen molar-refractivity contribution in [3.63, 3.8) is 0 Å². The van der Waals surface area contributed by atoms with E-state index in [9.17, 15) is 9.59 Å². The number of benzene rings is 1. The highest BCUT2D eigenvalue weighted by atomic mass is 16.5. The van der Waals surface area contributed by atoms with Crippen molar-refractivity contribution in [2.45, 2.75) is 57.9 Å². The molecular weight excluding hydrogens is 384 g/mol. The minimum absolute atomic E-state index is 0.0351. The van der Waals surface area contributed by atoms with Gasteiger partial charge in [-0.15, -0.1) is 10.2 Å². The zero-order chi connectivity index (χ0) is 21.2. The van der Waals surface area contributed by atoms with Crippen LogP contribution in [0, 0.1) is 0 Å². The van der Waals surface area contributed by atoms with E-state index in [2.05, 4.69) is 20.5 Å². The number of carbonyl (C=O) groups excluding carboxylic acids is 1. The molecule has 1 heterocycles. The van der Waals surface area contributed by atoms with Gasteiger partial charge in [-0.2, -0.15) is 0 Å². The Balaban J connectivity index is 1.51. The molecule has 1 aromatic carbocycles. The fourth-order valence-electron chi connectivity index (χ4n) is 3.50. The van der Waals surface area contributed by atoms with Gasteiger partial charge in [0.1, 0.15) is 18.1 Å². The average molecular weight is 415 g/mol. The van der Waals surface area contributed by atoms with Crippen LogP contribution in [0.25, 0.3) is 11.4 Å². The molecule has 1 aliphatic rings. The molecule has 2 aromatic rings. The van der Waals surface area contributed by atoms with Crippen molar-refractivity contribution in [3.05, 3.63) is 40.3 Å². The molecule has 1 aliphatic carbocycles. The SMILES string of the molecule is CCOCCOc1ccc(-c2nnc(CCC(=O)NC3CCCCC3)c(=O)[nH]2)cc1. The zero-order valence-electron chi connectivity index (χ0n) is 17.5. The van der Waals surface area contributed by atoms with Crippen molar-refractivity contribution in [2.24, 2.45) is 0 Å². The monoisotopic (exact) mass is 414 g/mol. The number of H-pyrrole nitrogens is 1. The molecular formula is C22H30N4O4. The van der Waals surface area contributed by atoms with E-state index in [1.165, 1.54) is 6.42 Å². The summed E-state index contributed by atoms with van der Waals surface area (Å²) in [6.07, 6.45) is 6.16. The van der Waals surface area contributed by atoms with Gasteiger partial charge in [0.25, 0.3) is 5.56 Å². The summed E-state index contributed by atoms with van der Waals surface area (Å²) in [5.74, 6) is 1.07. The molecule has 0 radical (unpaired) electrons. The van der Waals surface area contributed by atoms with Crippen LogP contribution < -0.4 is 15.6 Å². The summed E-state index contributed by atoms with van der Waals surface area (Å²) in [4.78, 5) is 27.2. The third kappa shape index (κ3) is 6.66. The molecule has 1 aromatic heterocycles. The summed E-state index contributed by atoms with van der Waals surface area (Å²) in [6, 6.07) is 7.51. The lowest BCUT2D eigenvalue weighted by Crippen LogP contribution is -2.36. The van der Waals surface area contributed by atoms with Crippen molar-refractivity contribution < 1.29 is 14.3 Å². The number of aryl methyl sites for hydroxylation is 1. The van der Waals surface area contributed by atoms with Gasteiger partial charge in [0.15, 0.2) is 5.82 Å². The highest BCUT2D eigenvalue weighted by molar-refractivity contribution is 5.76. The summed E-state index contributed by atoms with van der Waals surface area (Å²) in [7, 11) is 0. The van der Waals surface area contributed by atoms with Gasteiger partial charge in [-0.05, 0) is 44.0 Å². The zero-order valence-corrected chi connectivity index (χ0v) is 17.5. The molecule has 8 nitrogen and oxygen atoms in total. The molecule has 0 aliphatic heterocycles. The summed E-state index contributed by atoms with van der Waals surface area (Å²) in [5.41, 5.74) is 0.689. The van der Waals surface area contributed by atoms with Crippen LogP contribution in [-0.2, 0) is 16.0 Å². The Morgan fingerprint density at radius 1 is 1.13 bits per heavy atom. The van der Waals surface area contributed by atoms with Gasteiger partial charge in [0, 0.05) is 31.1 Å². The van der Waals surface area contributed by atoms with E-state index in [4.69, 9.17) is 9.47 Å². The molecule has 0 spiro atoms. The number of nitrogens with zero attached hydrogens (tertiary/aromatic N) is 2. The van der Waals surface area contributed by atoms with Crippen molar-refractivity contribution in [1.29, 1.82) is 0 Å². The Labute approximate surface area is 176 Å². The fraction of sp³-hybridized carbons (Fsp3) is 0.545. The highest BCUT2D eigenvalue weighted by Crippen LogP contribution is 2.19. The highest BCUT2D eigenvalue weighted by Gasteiger charge is 2.16. The summed E-state index contributed by atoms with van der Waals surface area (Å²) in [6.45, 7) is 3.62. The Hall–Kier alpha value is -2.74. The molecule has 0 bridgehead atoms. The topological polar surface area (TPSA) is 106 Å². The van der Waals surface area contributed by atoms with E-state index in [1.807, 2.05) is 31.2 Å². The number of nitrogens with one attached hydrogen (secondary N) is 2. The first-order valence-electron chi connectivity index (χ1n) is 10.7. The van der Waals surface area contributed by atoms with Gasteiger partial charge >= 0.3 is 0 Å². The number of carbonyl (C=O) groups is 1. The van der Waals surface area contributed by atoms with E-state index >= 15 is 0 Å².